The van der Waals surface area contributed by atoms with E-state index in [2.05, 4.69) is 58.9 Å². The van der Waals surface area contributed by atoms with Gasteiger partial charge >= 0.3 is 28.2 Å². The van der Waals surface area contributed by atoms with E-state index in [0.717, 1.165) is 30.3 Å². The molecule has 0 unspecified atom stereocenters. The summed E-state index contributed by atoms with van der Waals surface area (Å²) in [4.78, 5) is 0. The third-order valence-electron chi connectivity index (χ3n) is 2.13. The average molecular weight is 444 g/mol. The molecular weight excluding hydrogens is 430 g/mol. The molecule has 0 saturated heterocycles. The topological polar surface area (TPSA) is 0 Å². The Balaban J connectivity index is 0. The fourth-order valence-corrected chi connectivity index (χ4v) is 1.41. The summed E-state index contributed by atoms with van der Waals surface area (Å²) in [6, 6.07) is 14.7. The average Bonchev–Trinajstić information content (AvgIpc) is 3.06. The van der Waals surface area contributed by atoms with E-state index in [1.165, 1.54) is 10.8 Å². The molecule has 0 N–H and O–H groups in total. The minimum Gasteiger partial charge on any atom is -1.00 e. The Hall–Kier alpha value is -0.370. The zero-order valence-corrected chi connectivity index (χ0v) is 15.0. The predicted octanol–water partition coefficient (Wildman–Crippen LogP) is -2.16. The summed E-state index contributed by atoms with van der Waals surface area (Å²) in [6.45, 7) is 0. The molecule has 0 aromatic heterocycles. The van der Waals surface area contributed by atoms with Gasteiger partial charge in [0.15, 0.2) is 0 Å². The molecule has 1 aliphatic rings. The first kappa shape index (κ1) is 20.0. The van der Waals surface area contributed by atoms with Gasteiger partial charge in [-0.15, -0.1) is 36.1 Å². The molecule has 18 heavy (non-hydrogen) atoms. The van der Waals surface area contributed by atoms with Crippen molar-refractivity contribution in [3.63, 3.8) is 0 Å². The van der Waals surface area contributed by atoms with Crippen LogP contribution in [0.25, 0.3) is 10.8 Å². The molecule has 0 atom stereocenters. The summed E-state index contributed by atoms with van der Waals surface area (Å²) >= 11 is 1.06. The van der Waals surface area contributed by atoms with E-state index in [0.29, 0.717) is 0 Å². The molecule has 0 fully saturated rings. The van der Waals surface area contributed by atoms with Gasteiger partial charge in [0.2, 0.25) is 0 Å². The first-order chi connectivity index (χ1) is 7.97. The van der Waals surface area contributed by atoms with Crippen molar-refractivity contribution in [3.8, 4) is 0 Å². The summed E-state index contributed by atoms with van der Waals surface area (Å²) in [7, 11) is 0. The molecule has 94 valence electrons. The number of benzene rings is 1. The van der Waals surface area contributed by atoms with Crippen molar-refractivity contribution in [2.75, 3.05) is 0 Å². The molecule has 0 heterocycles. The number of fused-ring (bicyclic) bond motifs is 1. The molecule has 0 nitrogen and oxygen atoms in total. The van der Waals surface area contributed by atoms with Crippen LogP contribution in [0.2, 0.25) is 0 Å². The van der Waals surface area contributed by atoms with Gasteiger partial charge in [0.05, 0.1) is 0 Å². The Morgan fingerprint density at radius 1 is 1.11 bits per heavy atom. The molecule has 3 heteroatoms. The summed E-state index contributed by atoms with van der Waals surface area (Å²) in [6.07, 6.45) is 10.0. The van der Waals surface area contributed by atoms with Crippen LogP contribution in [0.15, 0.2) is 60.7 Å². The van der Waals surface area contributed by atoms with E-state index in [9.17, 15) is 0 Å². The molecule has 0 saturated carbocycles. The third kappa shape index (κ3) is 7.15. The van der Waals surface area contributed by atoms with Gasteiger partial charge in [0, 0.05) is 0 Å². The second-order valence-corrected chi connectivity index (χ2v) is 3.16. The molecule has 3 rings (SSSR count). The van der Waals surface area contributed by atoms with Gasteiger partial charge in [-0.3, -0.25) is 6.08 Å². The summed E-state index contributed by atoms with van der Waals surface area (Å²) in [5, 5.41) is 2.66. The Morgan fingerprint density at radius 3 is 2.33 bits per heavy atom. The van der Waals surface area contributed by atoms with Crippen molar-refractivity contribution in [1.29, 1.82) is 0 Å². The van der Waals surface area contributed by atoms with Crippen LogP contribution in [0.1, 0.15) is 6.42 Å². The Labute approximate surface area is 136 Å². The Bertz CT molecular complexity index is 432. The second kappa shape index (κ2) is 13.1. The van der Waals surface area contributed by atoms with E-state index in [1.807, 2.05) is 12.2 Å². The maximum absolute atomic E-state index is 3.39. The summed E-state index contributed by atoms with van der Waals surface area (Å²) in [5.74, 6) is 0. The van der Waals surface area contributed by atoms with Crippen LogP contribution in [-0.4, -0.2) is 4.26 Å². The SMILES string of the molecule is [C-]1=CC=CC1.[CH2]=[Hf+2].[Cl-].[Cl-].c1ccc2[cH-]ccc2c1. The van der Waals surface area contributed by atoms with Crippen molar-refractivity contribution in [3.05, 3.63) is 66.8 Å². The van der Waals surface area contributed by atoms with Crippen LogP contribution in [0.3, 0.4) is 0 Å². The largest absolute Gasteiger partial charge is 1.00 e. The second-order valence-electron chi connectivity index (χ2n) is 3.16. The molecular formula is C15H14Cl2Hf-2. The smallest absolute Gasteiger partial charge is 0.0809 e. The van der Waals surface area contributed by atoms with Crippen LogP contribution in [-0.2, 0) is 23.9 Å². The Morgan fingerprint density at radius 2 is 1.83 bits per heavy atom. The number of rotatable bonds is 0. The zero-order valence-electron chi connectivity index (χ0n) is 9.94. The quantitative estimate of drug-likeness (QED) is 0.321. The van der Waals surface area contributed by atoms with Crippen molar-refractivity contribution in [2.45, 2.75) is 6.42 Å². The summed E-state index contributed by atoms with van der Waals surface area (Å²) < 4.78 is 3.39. The van der Waals surface area contributed by atoms with E-state index in [1.54, 1.807) is 0 Å². The van der Waals surface area contributed by atoms with Gasteiger partial charge in [-0.05, 0) is 0 Å². The van der Waals surface area contributed by atoms with Crippen molar-refractivity contribution < 1.29 is 48.7 Å². The molecule has 0 radical (unpaired) electrons. The van der Waals surface area contributed by atoms with Crippen LogP contribution >= 0.6 is 0 Å². The van der Waals surface area contributed by atoms with Crippen LogP contribution in [0, 0.1) is 6.08 Å². The van der Waals surface area contributed by atoms with Gasteiger partial charge < -0.3 is 24.8 Å². The van der Waals surface area contributed by atoms with E-state index in [4.69, 9.17) is 0 Å². The number of allylic oxidation sites excluding steroid dienone is 4. The van der Waals surface area contributed by atoms with E-state index in [-0.39, 0.29) is 24.8 Å². The minimum absolute atomic E-state index is 0. The van der Waals surface area contributed by atoms with Gasteiger partial charge in [0.1, 0.15) is 0 Å². The van der Waals surface area contributed by atoms with Gasteiger partial charge in [-0.2, -0.15) is 23.6 Å². The predicted molar refractivity (Wildman–Crippen MR) is 68.2 cm³/mol. The first-order valence-electron chi connectivity index (χ1n) is 5.14. The number of halogens is 2. The van der Waals surface area contributed by atoms with Crippen molar-refractivity contribution >= 4 is 15.0 Å². The molecule has 0 aliphatic heterocycles. The normalized spacial score (nSPS) is 10.3. The maximum Gasteiger partial charge on any atom is -0.0809 e. The molecule has 2 aromatic rings. The molecule has 2 aromatic carbocycles. The van der Waals surface area contributed by atoms with Gasteiger partial charge in [0.25, 0.3) is 0 Å². The summed E-state index contributed by atoms with van der Waals surface area (Å²) in [5.41, 5.74) is 0. The van der Waals surface area contributed by atoms with Gasteiger partial charge in [-0.25, -0.2) is 12.2 Å². The zero-order chi connectivity index (χ0) is 11.6. The first-order valence-corrected chi connectivity index (χ1v) is 7.68. The maximum atomic E-state index is 3.39. The minimum atomic E-state index is 0. The standard InChI is InChI=1S/C9H7.C5H5.CH2.2ClH.Hf/c1-2-5-9-7-3-6-8(9)4-1;1-2-4-5-3-1;;;;/h1-7H;1-3H,4H2;1H2;2*1H;/q2*-1;;;;+2/p-2. The van der Waals surface area contributed by atoms with Crippen molar-refractivity contribution in [1.82, 2.24) is 0 Å². The fourth-order valence-electron chi connectivity index (χ4n) is 1.41. The van der Waals surface area contributed by atoms with Crippen LogP contribution in [0.4, 0.5) is 0 Å². The molecule has 0 bridgehead atoms. The van der Waals surface area contributed by atoms with Crippen molar-refractivity contribution in [2.24, 2.45) is 0 Å². The molecule has 0 amide bonds. The molecule has 0 spiro atoms. The Kier molecular flexibility index (Phi) is 14.5. The monoisotopic (exact) mass is 444 g/mol. The number of hydrogen-bond donors (Lipinski definition) is 0. The van der Waals surface area contributed by atoms with Crippen LogP contribution < -0.4 is 24.8 Å². The molecule has 1 aliphatic carbocycles. The third-order valence-corrected chi connectivity index (χ3v) is 2.13. The van der Waals surface area contributed by atoms with Crippen LogP contribution in [0.5, 0.6) is 0 Å². The number of hydrogen-bond acceptors (Lipinski definition) is 0. The van der Waals surface area contributed by atoms with E-state index >= 15 is 0 Å². The van der Waals surface area contributed by atoms with Gasteiger partial charge in [-0.1, -0.05) is 6.07 Å². The fraction of sp³-hybridized carbons (Fsp3) is 0.0667. The van der Waals surface area contributed by atoms with E-state index < -0.39 is 0 Å².